The van der Waals surface area contributed by atoms with Crippen LogP contribution in [0.2, 0.25) is 0 Å². The van der Waals surface area contributed by atoms with Gasteiger partial charge >= 0.3 is 6.18 Å². The second-order valence-electron chi connectivity index (χ2n) is 6.58. The monoisotopic (exact) mass is 431 g/mol. The molecule has 11 heteroatoms. The lowest BCUT2D eigenvalue weighted by atomic mass is 10.1. The van der Waals surface area contributed by atoms with E-state index in [1.165, 1.54) is 18.2 Å². The maximum Gasteiger partial charge on any atom is 0.416 e. The van der Waals surface area contributed by atoms with Crippen LogP contribution in [0, 0.1) is 5.82 Å². The van der Waals surface area contributed by atoms with Crippen molar-refractivity contribution in [1.29, 1.82) is 0 Å². The fourth-order valence-corrected chi connectivity index (χ4v) is 3.74. The zero-order valence-corrected chi connectivity index (χ0v) is 15.8. The van der Waals surface area contributed by atoms with Crippen molar-refractivity contribution >= 4 is 21.6 Å². The molecule has 0 fully saturated rings. The van der Waals surface area contributed by atoms with Gasteiger partial charge in [0.15, 0.2) is 0 Å². The number of carbonyl (C=O) groups is 1. The molecule has 2 aromatic carbocycles. The Bertz CT molecular complexity index is 1050. The number of alkyl halides is 3. The number of benzene rings is 2. The van der Waals surface area contributed by atoms with Crippen LogP contribution in [-0.2, 0) is 34.0 Å². The van der Waals surface area contributed by atoms with Gasteiger partial charge in [0, 0.05) is 18.8 Å². The van der Waals surface area contributed by atoms with Gasteiger partial charge in [-0.2, -0.15) is 13.2 Å². The number of halogens is 4. The molecule has 0 aliphatic carbocycles. The van der Waals surface area contributed by atoms with Crippen molar-refractivity contribution in [2.75, 3.05) is 18.0 Å². The number of nitrogens with zero attached hydrogens (tertiary/aromatic N) is 1. The first kappa shape index (κ1) is 21.1. The molecule has 1 amide bonds. The van der Waals surface area contributed by atoms with E-state index in [4.69, 9.17) is 5.14 Å². The second-order valence-corrected chi connectivity index (χ2v) is 8.14. The van der Waals surface area contributed by atoms with Gasteiger partial charge in [-0.3, -0.25) is 4.79 Å². The lowest BCUT2D eigenvalue weighted by Gasteiger charge is -2.19. The van der Waals surface area contributed by atoms with Crippen molar-refractivity contribution in [2.24, 2.45) is 5.14 Å². The van der Waals surface area contributed by atoms with Crippen molar-refractivity contribution in [1.82, 2.24) is 5.32 Å². The van der Waals surface area contributed by atoms with E-state index in [0.717, 1.165) is 12.1 Å². The molecular formula is C18H17F4N3O3S. The molecule has 6 nitrogen and oxygen atoms in total. The van der Waals surface area contributed by atoms with Crippen molar-refractivity contribution in [3.63, 3.8) is 0 Å². The van der Waals surface area contributed by atoms with Crippen LogP contribution < -0.4 is 15.4 Å². The lowest BCUT2D eigenvalue weighted by molar-refractivity contribution is -0.138. The van der Waals surface area contributed by atoms with Gasteiger partial charge in [0.05, 0.1) is 17.0 Å². The standard InChI is InChI=1S/C18H17F4N3O3S/c19-13-2-1-12(15(8-13)18(20,21)22)9-24-17(26)10-25-6-5-11-7-14(29(23,27)28)3-4-16(11)25/h1-4,7-8H,5-6,9-10H2,(H,24,26)(H2,23,27,28). The Morgan fingerprint density at radius 1 is 1.17 bits per heavy atom. The number of sulfonamides is 1. The Kier molecular flexibility index (Phi) is 5.54. The molecule has 1 aliphatic heterocycles. The van der Waals surface area contributed by atoms with E-state index in [9.17, 15) is 30.8 Å². The molecule has 0 saturated carbocycles. The fraction of sp³-hybridized carbons (Fsp3) is 0.278. The first-order valence-corrected chi connectivity index (χ1v) is 10.0. The van der Waals surface area contributed by atoms with E-state index in [-0.39, 0.29) is 17.0 Å². The highest BCUT2D eigenvalue weighted by Crippen LogP contribution is 2.33. The number of nitrogens with one attached hydrogen (secondary N) is 1. The van der Waals surface area contributed by atoms with Gasteiger partial charge in [0.2, 0.25) is 15.9 Å². The highest BCUT2D eigenvalue weighted by atomic mass is 32.2. The summed E-state index contributed by atoms with van der Waals surface area (Å²) >= 11 is 0. The molecule has 0 radical (unpaired) electrons. The molecule has 3 N–H and O–H groups in total. The average Bonchev–Trinajstić information content (AvgIpc) is 3.01. The first-order valence-electron chi connectivity index (χ1n) is 8.48. The zero-order chi connectivity index (χ0) is 21.4. The van der Waals surface area contributed by atoms with Crippen LogP contribution >= 0.6 is 0 Å². The average molecular weight is 431 g/mol. The second kappa shape index (κ2) is 7.64. The van der Waals surface area contributed by atoms with Gasteiger partial charge in [-0.1, -0.05) is 6.07 Å². The molecule has 0 spiro atoms. The van der Waals surface area contributed by atoms with Gasteiger partial charge in [-0.25, -0.2) is 17.9 Å². The largest absolute Gasteiger partial charge is 0.416 e. The van der Waals surface area contributed by atoms with E-state index < -0.39 is 40.0 Å². The van der Waals surface area contributed by atoms with E-state index >= 15 is 0 Å². The normalized spacial score (nSPS) is 14.0. The number of fused-ring (bicyclic) bond motifs is 1. The van der Waals surface area contributed by atoms with Crippen LogP contribution in [0.25, 0.3) is 0 Å². The number of nitrogens with two attached hydrogens (primary N) is 1. The minimum atomic E-state index is -4.74. The summed E-state index contributed by atoms with van der Waals surface area (Å²) < 4.78 is 75.1. The number of primary sulfonamides is 1. The van der Waals surface area contributed by atoms with E-state index in [1.807, 2.05) is 0 Å². The SMILES string of the molecule is NS(=O)(=O)c1ccc2c(c1)CCN2CC(=O)NCc1ccc(F)cc1C(F)(F)F. The Morgan fingerprint density at radius 3 is 2.55 bits per heavy atom. The minimum Gasteiger partial charge on any atom is -0.362 e. The number of anilines is 1. The molecule has 0 bridgehead atoms. The topological polar surface area (TPSA) is 92.5 Å². The summed E-state index contributed by atoms with van der Waals surface area (Å²) in [7, 11) is -3.84. The number of carbonyl (C=O) groups excluding carboxylic acids is 1. The van der Waals surface area contributed by atoms with Crippen molar-refractivity contribution < 1.29 is 30.8 Å². The third-order valence-corrected chi connectivity index (χ3v) is 5.47. The lowest BCUT2D eigenvalue weighted by Crippen LogP contribution is -2.36. The number of amides is 1. The first-order chi connectivity index (χ1) is 13.4. The van der Waals surface area contributed by atoms with E-state index in [0.29, 0.717) is 30.3 Å². The van der Waals surface area contributed by atoms with Gasteiger partial charge < -0.3 is 10.2 Å². The maximum absolute atomic E-state index is 13.2. The fourth-order valence-electron chi connectivity index (χ4n) is 3.18. The Morgan fingerprint density at radius 2 is 1.90 bits per heavy atom. The predicted octanol–water partition coefficient (Wildman–Crippen LogP) is 2.17. The van der Waals surface area contributed by atoms with E-state index in [2.05, 4.69) is 5.32 Å². The maximum atomic E-state index is 13.2. The highest BCUT2D eigenvalue weighted by Gasteiger charge is 2.33. The van der Waals surface area contributed by atoms with Crippen LogP contribution in [0.5, 0.6) is 0 Å². The van der Waals surface area contributed by atoms with Crippen LogP contribution in [0.1, 0.15) is 16.7 Å². The molecular weight excluding hydrogens is 414 g/mol. The molecule has 3 rings (SSSR count). The third kappa shape index (κ3) is 4.85. The van der Waals surface area contributed by atoms with E-state index in [1.54, 1.807) is 4.90 Å². The zero-order valence-electron chi connectivity index (χ0n) is 15.0. The Balaban J connectivity index is 1.67. The number of hydrogen-bond acceptors (Lipinski definition) is 4. The van der Waals surface area contributed by atoms with Crippen molar-refractivity contribution in [3.8, 4) is 0 Å². The van der Waals surface area contributed by atoms with Gasteiger partial charge in [0.1, 0.15) is 5.82 Å². The molecule has 1 aliphatic rings. The molecule has 0 unspecified atom stereocenters. The predicted molar refractivity (Wildman–Crippen MR) is 97.0 cm³/mol. The molecule has 0 saturated heterocycles. The Hall–Kier alpha value is -2.66. The van der Waals surface area contributed by atoms with Gasteiger partial charge in [-0.05, 0) is 47.9 Å². The quantitative estimate of drug-likeness (QED) is 0.710. The smallest absolute Gasteiger partial charge is 0.362 e. The third-order valence-electron chi connectivity index (χ3n) is 4.56. The van der Waals surface area contributed by atoms with Crippen LogP contribution in [0.3, 0.4) is 0 Å². The van der Waals surface area contributed by atoms with Crippen LogP contribution in [0.15, 0.2) is 41.3 Å². The van der Waals surface area contributed by atoms with Crippen LogP contribution in [-0.4, -0.2) is 27.4 Å². The molecule has 2 aromatic rings. The summed E-state index contributed by atoms with van der Waals surface area (Å²) in [5.41, 5.74) is -0.0146. The molecule has 0 aromatic heterocycles. The summed E-state index contributed by atoms with van der Waals surface area (Å²) in [4.78, 5) is 13.9. The van der Waals surface area contributed by atoms with Crippen molar-refractivity contribution in [3.05, 3.63) is 58.9 Å². The number of rotatable bonds is 5. The highest BCUT2D eigenvalue weighted by molar-refractivity contribution is 7.89. The van der Waals surface area contributed by atoms with Gasteiger partial charge in [-0.15, -0.1) is 0 Å². The number of hydrogen-bond donors (Lipinski definition) is 2. The molecule has 156 valence electrons. The molecule has 1 heterocycles. The minimum absolute atomic E-state index is 0.0291. The summed E-state index contributed by atoms with van der Waals surface area (Å²) in [6, 6.07) is 6.59. The van der Waals surface area contributed by atoms with Crippen molar-refractivity contribution in [2.45, 2.75) is 24.0 Å². The molecule has 29 heavy (non-hydrogen) atoms. The summed E-state index contributed by atoms with van der Waals surface area (Å²) in [5.74, 6) is -1.54. The van der Waals surface area contributed by atoms with Crippen LogP contribution in [0.4, 0.5) is 23.2 Å². The molecule has 0 atom stereocenters. The Labute approximate surface area is 164 Å². The summed E-state index contributed by atoms with van der Waals surface area (Å²) in [6.07, 6.45) is -4.24. The summed E-state index contributed by atoms with van der Waals surface area (Å²) in [6.45, 7) is -0.0789. The van der Waals surface area contributed by atoms with Gasteiger partial charge in [0.25, 0.3) is 0 Å². The summed E-state index contributed by atoms with van der Waals surface area (Å²) in [5, 5.41) is 7.51.